The highest BCUT2D eigenvalue weighted by molar-refractivity contribution is 6.09. The number of rotatable bonds is 7. The van der Waals surface area contributed by atoms with E-state index in [2.05, 4.69) is 10.1 Å². The molecule has 0 fully saturated rings. The van der Waals surface area contributed by atoms with E-state index in [9.17, 15) is 43.0 Å². The molecule has 0 radical (unpaired) electrons. The fourth-order valence-corrected chi connectivity index (χ4v) is 2.67. The number of nitro benzene ring substituents is 2. The summed E-state index contributed by atoms with van der Waals surface area (Å²) in [7, 11) is 0.967. The number of nitrogens with zero attached hydrogens (tertiary/aromatic N) is 3. The van der Waals surface area contributed by atoms with Gasteiger partial charge in [0.1, 0.15) is 5.70 Å². The molecule has 0 saturated heterocycles. The van der Waals surface area contributed by atoms with E-state index in [1.54, 1.807) is 0 Å². The molecule has 0 aromatic heterocycles. The molecule has 1 aliphatic heterocycles. The van der Waals surface area contributed by atoms with Crippen molar-refractivity contribution in [1.29, 1.82) is 0 Å². The van der Waals surface area contributed by atoms with Gasteiger partial charge in [-0.1, -0.05) is 0 Å². The number of aliphatic hydroxyl groups is 1. The molecule has 162 valence electrons. The average Bonchev–Trinajstić information content (AvgIpc) is 2.96. The zero-order valence-electron chi connectivity index (χ0n) is 15.1. The highest BCUT2D eigenvalue weighted by atomic mass is 19.4. The standard InChI is InChI=1S/C15H13F3N4O8/c1-30-14(25)8-6-20(2-3-23)13(24)11(8)19-12-9(21(26)27)4-7(15(16,17)18)5-10(12)22(28)29/h4-5,19,23H,2-3,6H2,1H3. The molecule has 1 aromatic carbocycles. The monoisotopic (exact) mass is 434 g/mol. The van der Waals surface area contributed by atoms with Crippen molar-refractivity contribution in [2.75, 3.05) is 32.1 Å². The van der Waals surface area contributed by atoms with Crippen molar-refractivity contribution in [3.63, 3.8) is 0 Å². The number of esters is 1. The number of methoxy groups -OCH3 is 1. The van der Waals surface area contributed by atoms with Gasteiger partial charge in [0.2, 0.25) is 0 Å². The Kier molecular flexibility index (Phi) is 6.25. The molecule has 0 atom stereocenters. The predicted molar refractivity (Wildman–Crippen MR) is 91.1 cm³/mol. The Balaban J connectivity index is 2.70. The Morgan fingerprint density at radius 1 is 1.27 bits per heavy atom. The Morgan fingerprint density at radius 3 is 2.20 bits per heavy atom. The van der Waals surface area contributed by atoms with Crippen LogP contribution in [0.2, 0.25) is 0 Å². The smallest absolute Gasteiger partial charge is 0.416 e. The zero-order chi connectivity index (χ0) is 22.8. The molecular weight excluding hydrogens is 421 g/mol. The molecule has 30 heavy (non-hydrogen) atoms. The first-order valence-corrected chi connectivity index (χ1v) is 7.95. The van der Waals surface area contributed by atoms with Crippen molar-refractivity contribution in [1.82, 2.24) is 4.90 Å². The largest absolute Gasteiger partial charge is 0.466 e. The van der Waals surface area contributed by atoms with Gasteiger partial charge < -0.3 is 20.1 Å². The molecule has 0 bridgehead atoms. The van der Waals surface area contributed by atoms with Crippen LogP contribution in [0.3, 0.4) is 0 Å². The summed E-state index contributed by atoms with van der Waals surface area (Å²) in [5.41, 5.74) is -6.36. The number of carbonyl (C=O) groups excluding carboxylic acids is 2. The minimum absolute atomic E-state index is 0.0681. The third kappa shape index (κ3) is 4.29. The molecule has 2 N–H and O–H groups in total. The van der Waals surface area contributed by atoms with Crippen LogP contribution in [0.1, 0.15) is 5.56 Å². The van der Waals surface area contributed by atoms with Crippen molar-refractivity contribution in [3.8, 4) is 0 Å². The topological polar surface area (TPSA) is 165 Å². The number of aliphatic hydroxyl groups excluding tert-OH is 1. The Hall–Kier alpha value is -3.75. The molecule has 2 rings (SSSR count). The average molecular weight is 434 g/mol. The van der Waals surface area contributed by atoms with Gasteiger partial charge in [0.05, 0.1) is 41.2 Å². The van der Waals surface area contributed by atoms with Crippen molar-refractivity contribution in [2.24, 2.45) is 0 Å². The number of amides is 1. The van der Waals surface area contributed by atoms with E-state index >= 15 is 0 Å². The molecule has 1 aliphatic rings. The van der Waals surface area contributed by atoms with Crippen molar-refractivity contribution in [2.45, 2.75) is 6.18 Å². The zero-order valence-corrected chi connectivity index (χ0v) is 15.1. The highest BCUT2D eigenvalue weighted by Crippen LogP contribution is 2.42. The minimum Gasteiger partial charge on any atom is -0.466 e. The number of ether oxygens (including phenoxy) is 1. The molecule has 0 spiro atoms. The summed E-state index contributed by atoms with van der Waals surface area (Å²) in [6, 6.07) is 0.136. The summed E-state index contributed by atoms with van der Waals surface area (Å²) in [5.74, 6) is -2.02. The normalized spacial score (nSPS) is 14.2. The maximum atomic E-state index is 13.0. The summed E-state index contributed by atoms with van der Waals surface area (Å²) >= 11 is 0. The van der Waals surface area contributed by atoms with Crippen molar-refractivity contribution >= 4 is 28.9 Å². The molecule has 0 saturated carbocycles. The first-order valence-electron chi connectivity index (χ1n) is 7.95. The number of benzene rings is 1. The number of halogens is 3. The van der Waals surface area contributed by atoms with Gasteiger partial charge in [0.25, 0.3) is 17.3 Å². The molecule has 12 nitrogen and oxygen atoms in total. The van der Waals surface area contributed by atoms with Crippen LogP contribution in [-0.4, -0.2) is 58.5 Å². The van der Waals surface area contributed by atoms with Crippen LogP contribution in [-0.2, 0) is 20.5 Å². The first kappa shape index (κ1) is 22.5. The highest BCUT2D eigenvalue weighted by Gasteiger charge is 2.40. The summed E-state index contributed by atoms with van der Waals surface area (Å²) in [6.07, 6.45) is -5.12. The fraction of sp³-hybridized carbons (Fsp3) is 0.333. The van der Waals surface area contributed by atoms with Crippen LogP contribution in [0.25, 0.3) is 0 Å². The first-order chi connectivity index (χ1) is 13.9. The molecule has 15 heteroatoms. The van der Waals surface area contributed by atoms with Gasteiger partial charge in [-0.25, -0.2) is 4.79 Å². The van der Waals surface area contributed by atoms with Crippen LogP contribution in [0.4, 0.5) is 30.2 Å². The lowest BCUT2D eigenvalue weighted by Crippen LogP contribution is -2.31. The van der Waals surface area contributed by atoms with Gasteiger partial charge in [0, 0.05) is 18.7 Å². The van der Waals surface area contributed by atoms with Crippen LogP contribution >= 0.6 is 0 Å². The van der Waals surface area contributed by atoms with E-state index in [0.29, 0.717) is 0 Å². The number of hydrogen-bond acceptors (Lipinski definition) is 9. The second-order valence-corrected chi connectivity index (χ2v) is 5.82. The number of nitrogens with one attached hydrogen (secondary N) is 1. The molecular formula is C15H13F3N4O8. The predicted octanol–water partition coefficient (Wildman–Crippen LogP) is 1.20. The lowest BCUT2D eigenvalue weighted by Gasteiger charge is -2.15. The number of nitro groups is 2. The fourth-order valence-electron chi connectivity index (χ4n) is 2.67. The van der Waals surface area contributed by atoms with Gasteiger partial charge >= 0.3 is 12.1 Å². The minimum atomic E-state index is -5.12. The Labute approximate surface area is 164 Å². The van der Waals surface area contributed by atoms with E-state index in [4.69, 9.17) is 5.11 Å². The maximum absolute atomic E-state index is 13.0. The summed E-state index contributed by atoms with van der Waals surface area (Å²) in [5, 5.41) is 33.7. The number of alkyl halides is 3. The SMILES string of the molecule is COC(=O)C1=C(Nc2c([N+](=O)[O-])cc(C(F)(F)F)cc2[N+](=O)[O-])C(=O)N(CCO)C1. The van der Waals surface area contributed by atoms with Crippen LogP contribution in [0.15, 0.2) is 23.4 Å². The second-order valence-electron chi connectivity index (χ2n) is 5.82. The van der Waals surface area contributed by atoms with Crippen molar-refractivity contribution < 1.29 is 42.5 Å². The summed E-state index contributed by atoms with van der Waals surface area (Å²) in [6.45, 7) is -1.15. The Bertz CT molecular complexity index is 925. The third-order valence-corrected chi connectivity index (χ3v) is 4.02. The summed E-state index contributed by atoms with van der Waals surface area (Å²) < 4.78 is 43.5. The van der Waals surface area contributed by atoms with Gasteiger partial charge in [-0.05, 0) is 0 Å². The van der Waals surface area contributed by atoms with Crippen molar-refractivity contribution in [3.05, 3.63) is 49.2 Å². The van der Waals surface area contributed by atoms with Gasteiger partial charge in [-0.3, -0.25) is 25.0 Å². The van der Waals surface area contributed by atoms with Crippen LogP contribution in [0.5, 0.6) is 0 Å². The number of hydrogen-bond donors (Lipinski definition) is 2. The molecule has 1 aromatic rings. The van der Waals surface area contributed by atoms with E-state index in [1.807, 2.05) is 0 Å². The van der Waals surface area contributed by atoms with E-state index in [1.165, 1.54) is 0 Å². The molecule has 1 amide bonds. The van der Waals surface area contributed by atoms with E-state index < -0.39 is 69.4 Å². The lowest BCUT2D eigenvalue weighted by molar-refractivity contribution is -0.392. The third-order valence-electron chi connectivity index (χ3n) is 4.02. The lowest BCUT2D eigenvalue weighted by atomic mass is 10.1. The van der Waals surface area contributed by atoms with Gasteiger partial charge in [0.15, 0.2) is 5.69 Å². The van der Waals surface area contributed by atoms with E-state index in [0.717, 1.165) is 12.0 Å². The molecule has 0 aliphatic carbocycles. The van der Waals surface area contributed by atoms with Crippen LogP contribution in [0, 0.1) is 20.2 Å². The van der Waals surface area contributed by atoms with Crippen LogP contribution < -0.4 is 5.32 Å². The Morgan fingerprint density at radius 2 is 1.80 bits per heavy atom. The quantitative estimate of drug-likeness (QED) is 0.364. The maximum Gasteiger partial charge on any atom is 0.416 e. The van der Waals surface area contributed by atoms with Gasteiger partial charge in [-0.2, -0.15) is 13.2 Å². The van der Waals surface area contributed by atoms with Gasteiger partial charge in [-0.15, -0.1) is 0 Å². The summed E-state index contributed by atoms with van der Waals surface area (Å²) in [4.78, 5) is 45.4. The molecule has 1 heterocycles. The number of carbonyl (C=O) groups is 2. The number of anilines is 1. The molecule has 0 unspecified atom stereocenters. The number of β-amino-alcohol motifs (C(OH)–C–C–N with tert-alkyl or cyclic N) is 1. The second kappa shape index (κ2) is 8.32. The van der Waals surface area contributed by atoms with E-state index in [-0.39, 0.29) is 24.3 Å².